The van der Waals surface area contributed by atoms with Gasteiger partial charge in [-0.2, -0.15) is 9.97 Å². The van der Waals surface area contributed by atoms with E-state index in [2.05, 4.69) is 25.8 Å². The molecule has 7 rings (SSSR count). The molecule has 4 aromatic rings. The summed E-state index contributed by atoms with van der Waals surface area (Å²) in [5.74, 6) is 0.987. The largest absolute Gasteiger partial charge is 0.508 e. The standard InChI is InChI=1S/C32H30F3N5O3/c1-4-20-23(33)7-6-17-10-18(41)11-21(26(17)20)28-27(35)29-22(14-36-28)30(39(2)25-12-24(25)34)38-31(37-29)43-16-32-8-5-9-40(32)15-19(13-32)42-3/h1,6-7,10-11,14,19,24-25,41H,5,8-9,12-13,15-16H2,2-3H3/t19-,24+,25+,32+/m1/s1. The van der Waals surface area contributed by atoms with E-state index in [-0.39, 0.29) is 63.1 Å². The first kappa shape index (κ1) is 27.7. The van der Waals surface area contributed by atoms with Crippen LogP contribution in [0.2, 0.25) is 0 Å². The summed E-state index contributed by atoms with van der Waals surface area (Å²) in [5, 5.41) is 11.4. The summed E-state index contributed by atoms with van der Waals surface area (Å²) in [7, 11) is 3.40. The van der Waals surface area contributed by atoms with Crippen LogP contribution in [-0.4, -0.2) is 82.7 Å². The number of phenols is 1. The van der Waals surface area contributed by atoms with Crippen molar-refractivity contribution in [1.82, 2.24) is 19.9 Å². The highest BCUT2D eigenvalue weighted by Crippen LogP contribution is 2.42. The number of pyridine rings is 1. The second-order valence-electron chi connectivity index (χ2n) is 11.7. The van der Waals surface area contributed by atoms with Crippen molar-refractivity contribution in [2.45, 2.75) is 49.5 Å². The van der Waals surface area contributed by atoms with Crippen molar-refractivity contribution in [3.05, 3.63) is 47.7 Å². The van der Waals surface area contributed by atoms with Gasteiger partial charge in [0.2, 0.25) is 0 Å². The lowest BCUT2D eigenvalue weighted by molar-refractivity contribution is 0.0997. The molecule has 0 unspecified atom stereocenters. The third kappa shape index (κ3) is 4.51. The molecule has 1 saturated carbocycles. The third-order valence-corrected chi connectivity index (χ3v) is 9.18. The summed E-state index contributed by atoms with van der Waals surface area (Å²) < 4.78 is 57.3. The number of phenolic OH excluding ortho intramolecular Hbond substituents is 1. The third-order valence-electron chi connectivity index (χ3n) is 9.18. The van der Waals surface area contributed by atoms with Crippen LogP contribution < -0.4 is 9.64 Å². The number of benzene rings is 2. The van der Waals surface area contributed by atoms with Gasteiger partial charge in [0.15, 0.2) is 5.82 Å². The fourth-order valence-corrected chi connectivity index (χ4v) is 6.83. The van der Waals surface area contributed by atoms with E-state index >= 15 is 4.39 Å². The predicted molar refractivity (Wildman–Crippen MR) is 156 cm³/mol. The highest BCUT2D eigenvalue weighted by atomic mass is 19.1. The normalized spacial score (nSPS) is 24.8. The molecule has 2 aromatic carbocycles. The molecule has 222 valence electrons. The minimum atomic E-state index is -1.03. The van der Waals surface area contributed by atoms with Crippen LogP contribution in [0.25, 0.3) is 32.9 Å². The first-order valence-corrected chi connectivity index (χ1v) is 14.3. The number of anilines is 1. The first-order valence-electron chi connectivity index (χ1n) is 14.3. The Kier molecular flexibility index (Phi) is 6.59. The monoisotopic (exact) mass is 589 g/mol. The molecule has 0 spiro atoms. The van der Waals surface area contributed by atoms with Gasteiger partial charge in [-0.05, 0) is 49.4 Å². The minimum absolute atomic E-state index is 0.0420. The van der Waals surface area contributed by atoms with E-state index in [1.807, 2.05) is 0 Å². The zero-order valence-corrected chi connectivity index (χ0v) is 23.8. The van der Waals surface area contributed by atoms with Crippen molar-refractivity contribution >= 4 is 27.5 Å². The van der Waals surface area contributed by atoms with Gasteiger partial charge >= 0.3 is 6.01 Å². The number of terminal acetylenes is 1. The van der Waals surface area contributed by atoms with Gasteiger partial charge in [-0.3, -0.25) is 9.88 Å². The second-order valence-corrected chi connectivity index (χ2v) is 11.7. The molecule has 2 aliphatic heterocycles. The van der Waals surface area contributed by atoms with Gasteiger partial charge in [0.05, 0.1) is 28.6 Å². The Morgan fingerprint density at radius 3 is 2.81 bits per heavy atom. The molecule has 43 heavy (non-hydrogen) atoms. The lowest BCUT2D eigenvalue weighted by Gasteiger charge is -2.31. The molecule has 2 aromatic heterocycles. The van der Waals surface area contributed by atoms with Crippen LogP contribution in [0.5, 0.6) is 11.8 Å². The maximum Gasteiger partial charge on any atom is 0.319 e. The maximum atomic E-state index is 16.6. The molecule has 1 N–H and O–H groups in total. The Labute approximate surface area is 246 Å². The lowest BCUT2D eigenvalue weighted by atomic mass is 9.94. The highest BCUT2D eigenvalue weighted by molar-refractivity contribution is 6.03. The highest BCUT2D eigenvalue weighted by Gasteiger charge is 2.49. The predicted octanol–water partition coefficient (Wildman–Crippen LogP) is 4.99. The molecule has 4 atom stereocenters. The van der Waals surface area contributed by atoms with Crippen LogP contribution >= 0.6 is 0 Å². The Balaban J connectivity index is 1.36. The zero-order valence-electron chi connectivity index (χ0n) is 23.8. The van der Waals surface area contributed by atoms with Crippen molar-refractivity contribution in [3.8, 4) is 35.4 Å². The van der Waals surface area contributed by atoms with E-state index in [0.29, 0.717) is 17.6 Å². The molecule has 2 saturated heterocycles. The van der Waals surface area contributed by atoms with E-state index in [1.165, 1.54) is 30.5 Å². The summed E-state index contributed by atoms with van der Waals surface area (Å²) in [6.07, 6.45) is 9.21. The van der Waals surface area contributed by atoms with Crippen molar-refractivity contribution in [1.29, 1.82) is 0 Å². The molecule has 3 fully saturated rings. The number of methoxy groups -OCH3 is 1. The van der Waals surface area contributed by atoms with Gasteiger partial charge in [-0.15, -0.1) is 6.42 Å². The van der Waals surface area contributed by atoms with Crippen LogP contribution in [0.4, 0.5) is 19.0 Å². The van der Waals surface area contributed by atoms with Crippen molar-refractivity contribution in [2.24, 2.45) is 0 Å². The number of ether oxygens (including phenoxy) is 2. The van der Waals surface area contributed by atoms with E-state index in [4.69, 9.17) is 15.9 Å². The number of halogens is 3. The molecular weight excluding hydrogens is 559 g/mol. The molecular formula is C32H30F3N5O3. The number of hydrogen-bond donors (Lipinski definition) is 1. The average molecular weight is 590 g/mol. The number of alkyl halides is 1. The van der Waals surface area contributed by atoms with Gasteiger partial charge in [-0.25, -0.2) is 13.2 Å². The number of rotatable bonds is 7. The number of nitrogens with zero attached hydrogens (tertiary/aromatic N) is 5. The summed E-state index contributed by atoms with van der Waals surface area (Å²) >= 11 is 0. The quantitative estimate of drug-likeness (QED) is 0.302. The number of aromatic hydroxyl groups is 1. The van der Waals surface area contributed by atoms with E-state index in [0.717, 1.165) is 32.4 Å². The summed E-state index contributed by atoms with van der Waals surface area (Å²) in [6.45, 7) is 2.04. The summed E-state index contributed by atoms with van der Waals surface area (Å²) in [4.78, 5) is 17.5. The molecule has 11 heteroatoms. The summed E-state index contributed by atoms with van der Waals surface area (Å²) in [6, 6.07) is 4.92. The van der Waals surface area contributed by atoms with Gasteiger partial charge < -0.3 is 19.5 Å². The zero-order chi connectivity index (χ0) is 30.0. The Hall–Kier alpha value is -4.14. The van der Waals surface area contributed by atoms with Crippen LogP contribution in [0.3, 0.4) is 0 Å². The molecule has 0 amide bonds. The van der Waals surface area contributed by atoms with E-state index < -0.39 is 23.8 Å². The number of aromatic nitrogens is 3. The van der Waals surface area contributed by atoms with E-state index in [1.54, 1.807) is 19.1 Å². The SMILES string of the molecule is C#Cc1c(F)ccc2cc(O)cc(-c3ncc4c(N(C)[C@H]5C[C@@H]5F)nc(OC[C@@]56CCCN5C[C@H](OC)C6)nc4c3F)c12. The lowest BCUT2D eigenvalue weighted by Crippen LogP contribution is -2.43. The fraction of sp³-hybridized carbons (Fsp3) is 0.406. The topological polar surface area (TPSA) is 83.8 Å². The van der Waals surface area contributed by atoms with Gasteiger partial charge in [0.25, 0.3) is 0 Å². The molecule has 0 radical (unpaired) electrons. The van der Waals surface area contributed by atoms with Gasteiger partial charge in [0, 0.05) is 44.3 Å². The Bertz CT molecular complexity index is 1810. The van der Waals surface area contributed by atoms with Crippen LogP contribution in [0.1, 0.15) is 31.2 Å². The minimum Gasteiger partial charge on any atom is -0.508 e. The number of fused-ring (bicyclic) bond motifs is 3. The van der Waals surface area contributed by atoms with Gasteiger partial charge in [0.1, 0.15) is 41.4 Å². The van der Waals surface area contributed by atoms with Crippen LogP contribution in [0, 0.1) is 24.0 Å². The van der Waals surface area contributed by atoms with Crippen LogP contribution in [-0.2, 0) is 4.74 Å². The summed E-state index contributed by atoms with van der Waals surface area (Å²) in [5.41, 5.74) is -0.465. The molecule has 1 aliphatic carbocycles. The second kappa shape index (κ2) is 10.2. The van der Waals surface area contributed by atoms with E-state index in [9.17, 15) is 13.9 Å². The fourth-order valence-electron chi connectivity index (χ4n) is 6.83. The van der Waals surface area contributed by atoms with Crippen LogP contribution in [0.15, 0.2) is 30.5 Å². The smallest absolute Gasteiger partial charge is 0.319 e. The Morgan fingerprint density at radius 2 is 2.07 bits per heavy atom. The Morgan fingerprint density at radius 1 is 1.26 bits per heavy atom. The maximum absolute atomic E-state index is 16.6. The molecule has 0 bridgehead atoms. The molecule has 4 heterocycles. The van der Waals surface area contributed by atoms with Gasteiger partial charge in [-0.1, -0.05) is 12.0 Å². The van der Waals surface area contributed by atoms with Crippen molar-refractivity contribution in [2.75, 3.05) is 38.8 Å². The van der Waals surface area contributed by atoms with Crippen molar-refractivity contribution in [3.63, 3.8) is 0 Å². The van der Waals surface area contributed by atoms with Crippen molar-refractivity contribution < 1.29 is 27.8 Å². The molecule has 8 nitrogen and oxygen atoms in total. The number of hydrogen-bond acceptors (Lipinski definition) is 8. The molecule has 3 aliphatic rings. The first-order chi connectivity index (χ1) is 20.7. The average Bonchev–Trinajstić information content (AvgIpc) is 3.44.